The highest BCUT2D eigenvalue weighted by Crippen LogP contribution is 2.22. The van der Waals surface area contributed by atoms with Gasteiger partial charge in [-0.05, 0) is 51.4 Å². The minimum atomic E-state index is -0.370. The van der Waals surface area contributed by atoms with Crippen molar-refractivity contribution in [2.45, 2.75) is 38.8 Å². The van der Waals surface area contributed by atoms with Gasteiger partial charge in [-0.15, -0.1) is 0 Å². The van der Waals surface area contributed by atoms with Crippen molar-refractivity contribution in [3.8, 4) is 0 Å². The molecule has 110 valence electrons. The van der Waals surface area contributed by atoms with Crippen LogP contribution in [0.25, 0.3) is 0 Å². The van der Waals surface area contributed by atoms with Gasteiger partial charge in [0.25, 0.3) is 0 Å². The highest BCUT2D eigenvalue weighted by Gasteiger charge is 2.25. The second kappa shape index (κ2) is 6.46. The number of nitrogen functional groups attached to an aromatic ring is 1. The van der Waals surface area contributed by atoms with E-state index in [0.717, 1.165) is 25.9 Å². The molecule has 2 N–H and O–H groups in total. The zero-order chi connectivity index (χ0) is 14.7. The van der Waals surface area contributed by atoms with Crippen LogP contribution in [0.15, 0.2) is 18.2 Å². The fourth-order valence-electron chi connectivity index (χ4n) is 2.44. The fraction of sp³-hybridized carbons (Fsp3) is 0.533. The molecule has 1 heterocycles. The predicted molar refractivity (Wildman–Crippen MR) is 81.0 cm³/mol. The number of esters is 1. The van der Waals surface area contributed by atoms with Crippen molar-refractivity contribution >= 4 is 23.3 Å². The number of benzene rings is 1. The van der Waals surface area contributed by atoms with Crippen molar-refractivity contribution in [1.29, 1.82) is 0 Å². The van der Waals surface area contributed by atoms with Crippen molar-refractivity contribution in [1.82, 2.24) is 4.90 Å². The molecule has 2 rings (SSSR count). The summed E-state index contributed by atoms with van der Waals surface area (Å²) in [5.41, 5.74) is 6.53. The fourth-order valence-corrected chi connectivity index (χ4v) is 2.71. The van der Waals surface area contributed by atoms with Gasteiger partial charge in [0.15, 0.2) is 0 Å². The van der Waals surface area contributed by atoms with Gasteiger partial charge in [-0.3, -0.25) is 4.90 Å². The number of nitrogens with zero attached hydrogens (tertiary/aromatic N) is 1. The molecule has 0 amide bonds. The number of carbonyl (C=O) groups excluding carboxylic acids is 1. The zero-order valence-electron chi connectivity index (χ0n) is 11.9. The Kier molecular flexibility index (Phi) is 4.89. The third-order valence-electron chi connectivity index (χ3n) is 3.63. The summed E-state index contributed by atoms with van der Waals surface area (Å²) in [5.74, 6) is -0.370. The summed E-state index contributed by atoms with van der Waals surface area (Å²) in [4.78, 5) is 14.5. The van der Waals surface area contributed by atoms with E-state index >= 15 is 0 Å². The van der Waals surface area contributed by atoms with Crippen LogP contribution in [0.4, 0.5) is 5.69 Å². The Labute approximate surface area is 124 Å². The maximum atomic E-state index is 12.2. The average molecular weight is 297 g/mol. The lowest BCUT2D eigenvalue weighted by Crippen LogP contribution is -2.43. The van der Waals surface area contributed by atoms with E-state index in [9.17, 15) is 4.79 Å². The van der Waals surface area contributed by atoms with Crippen LogP contribution in [0.3, 0.4) is 0 Å². The Bertz CT molecular complexity index is 491. The first-order valence-corrected chi connectivity index (χ1v) is 7.35. The van der Waals surface area contributed by atoms with E-state index < -0.39 is 0 Å². The second-order valence-corrected chi connectivity index (χ2v) is 5.90. The summed E-state index contributed by atoms with van der Waals surface area (Å²) >= 11 is 6.03. The standard InChI is InChI=1S/C15H21ClN2O2/c1-10(2)18-7-3-4-12(9-18)20-15(19)13-6-5-11(17)8-14(13)16/h5-6,8,10,12H,3-4,7,9,17H2,1-2H3. The zero-order valence-corrected chi connectivity index (χ0v) is 12.7. The molecule has 20 heavy (non-hydrogen) atoms. The van der Waals surface area contributed by atoms with Crippen molar-refractivity contribution in [3.05, 3.63) is 28.8 Å². The van der Waals surface area contributed by atoms with Crippen LogP contribution in [0.2, 0.25) is 5.02 Å². The van der Waals surface area contributed by atoms with E-state index in [4.69, 9.17) is 22.1 Å². The molecule has 0 radical (unpaired) electrons. The van der Waals surface area contributed by atoms with Gasteiger partial charge < -0.3 is 10.5 Å². The van der Waals surface area contributed by atoms with Crippen molar-refractivity contribution in [3.63, 3.8) is 0 Å². The smallest absolute Gasteiger partial charge is 0.339 e. The maximum absolute atomic E-state index is 12.2. The molecule has 0 aliphatic carbocycles. The topological polar surface area (TPSA) is 55.6 Å². The highest BCUT2D eigenvalue weighted by molar-refractivity contribution is 6.33. The summed E-state index contributed by atoms with van der Waals surface area (Å²) in [7, 11) is 0. The van der Waals surface area contributed by atoms with Crippen LogP contribution in [0.5, 0.6) is 0 Å². The van der Waals surface area contributed by atoms with Crippen LogP contribution in [0.1, 0.15) is 37.0 Å². The van der Waals surface area contributed by atoms with E-state index in [-0.39, 0.29) is 12.1 Å². The van der Waals surface area contributed by atoms with E-state index in [0.29, 0.717) is 22.3 Å². The van der Waals surface area contributed by atoms with E-state index in [1.807, 2.05) is 0 Å². The lowest BCUT2D eigenvalue weighted by Gasteiger charge is -2.34. The largest absolute Gasteiger partial charge is 0.457 e. The maximum Gasteiger partial charge on any atom is 0.339 e. The van der Waals surface area contributed by atoms with Gasteiger partial charge in [0.1, 0.15) is 6.10 Å². The molecule has 1 aromatic carbocycles. The summed E-state index contributed by atoms with van der Waals surface area (Å²) < 4.78 is 5.57. The molecule has 0 spiro atoms. The summed E-state index contributed by atoms with van der Waals surface area (Å²) in [6.07, 6.45) is 1.89. The lowest BCUT2D eigenvalue weighted by molar-refractivity contribution is 0.00167. The Morgan fingerprint density at radius 2 is 2.25 bits per heavy atom. The molecule has 0 bridgehead atoms. The Morgan fingerprint density at radius 1 is 1.50 bits per heavy atom. The SMILES string of the molecule is CC(C)N1CCCC(OC(=O)c2ccc(N)cc2Cl)C1. The van der Waals surface area contributed by atoms with Gasteiger partial charge in [0.05, 0.1) is 10.6 Å². The van der Waals surface area contributed by atoms with Crippen LogP contribution in [0, 0.1) is 0 Å². The number of nitrogens with two attached hydrogens (primary N) is 1. The Balaban J connectivity index is 2.00. The molecule has 1 atom stereocenters. The Hall–Kier alpha value is -1.26. The number of rotatable bonds is 3. The normalized spacial score (nSPS) is 20.1. The van der Waals surface area contributed by atoms with Crippen molar-refractivity contribution in [2.24, 2.45) is 0 Å². The van der Waals surface area contributed by atoms with E-state index in [1.54, 1.807) is 18.2 Å². The number of hydrogen-bond acceptors (Lipinski definition) is 4. The molecular weight excluding hydrogens is 276 g/mol. The summed E-state index contributed by atoms with van der Waals surface area (Å²) in [6, 6.07) is 5.31. The molecule has 0 aromatic heterocycles. The third-order valence-corrected chi connectivity index (χ3v) is 3.94. The van der Waals surface area contributed by atoms with Crippen LogP contribution in [-0.4, -0.2) is 36.1 Å². The molecule has 5 heteroatoms. The van der Waals surface area contributed by atoms with Gasteiger partial charge in [0, 0.05) is 18.3 Å². The molecule has 1 aliphatic heterocycles. The monoisotopic (exact) mass is 296 g/mol. The predicted octanol–water partition coefficient (Wildman–Crippen LogP) is 2.95. The molecular formula is C15H21ClN2O2. The van der Waals surface area contributed by atoms with Crippen molar-refractivity contribution < 1.29 is 9.53 Å². The molecule has 0 saturated carbocycles. The highest BCUT2D eigenvalue weighted by atomic mass is 35.5. The van der Waals surface area contributed by atoms with Gasteiger partial charge >= 0.3 is 5.97 Å². The number of piperidine rings is 1. The number of carbonyl (C=O) groups is 1. The first-order valence-electron chi connectivity index (χ1n) is 6.97. The van der Waals surface area contributed by atoms with Gasteiger partial charge in [0.2, 0.25) is 0 Å². The molecule has 1 fully saturated rings. The van der Waals surface area contributed by atoms with Gasteiger partial charge in [-0.25, -0.2) is 4.79 Å². The number of hydrogen-bond donors (Lipinski definition) is 1. The molecule has 4 nitrogen and oxygen atoms in total. The van der Waals surface area contributed by atoms with E-state index in [1.165, 1.54) is 0 Å². The summed E-state index contributed by atoms with van der Waals surface area (Å²) in [5, 5.41) is 0.339. The minimum Gasteiger partial charge on any atom is -0.457 e. The number of anilines is 1. The van der Waals surface area contributed by atoms with Crippen LogP contribution < -0.4 is 5.73 Å². The van der Waals surface area contributed by atoms with Gasteiger partial charge in [-0.2, -0.15) is 0 Å². The number of halogens is 1. The first-order chi connectivity index (χ1) is 9.47. The molecule has 1 unspecified atom stereocenters. The number of ether oxygens (including phenoxy) is 1. The lowest BCUT2D eigenvalue weighted by atomic mass is 10.1. The van der Waals surface area contributed by atoms with Crippen LogP contribution >= 0.6 is 11.6 Å². The van der Waals surface area contributed by atoms with Crippen LogP contribution in [-0.2, 0) is 4.74 Å². The summed E-state index contributed by atoms with van der Waals surface area (Å²) in [6.45, 7) is 6.16. The minimum absolute atomic E-state index is 0.0627. The van der Waals surface area contributed by atoms with E-state index in [2.05, 4.69) is 18.7 Å². The van der Waals surface area contributed by atoms with Crippen molar-refractivity contribution in [2.75, 3.05) is 18.8 Å². The molecule has 1 aromatic rings. The first kappa shape index (κ1) is 15.1. The average Bonchev–Trinajstić information content (AvgIpc) is 2.38. The Morgan fingerprint density at radius 3 is 2.90 bits per heavy atom. The van der Waals surface area contributed by atoms with Gasteiger partial charge in [-0.1, -0.05) is 11.6 Å². The molecule has 1 aliphatic rings. The molecule has 1 saturated heterocycles. The third kappa shape index (κ3) is 3.64. The quantitative estimate of drug-likeness (QED) is 0.688. The second-order valence-electron chi connectivity index (χ2n) is 5.50. The number of likely N-dealkylation sites (tertiary alicyclic amines) is 1.